The second kappa shape index (κ2) is 6.36. The largest absolute Gasteiger partial charge is 0.328 e. The maximum Gasteiger partial charge on any atom is 0.328 e. The Hall–Kier alpha value is -2.83. The topological polar surface area (TPSA) is 59.5 Å². The van der Waals surface area contributed by atoms with E-state index in [-0.39, 0.29) is 11.9 Å². The number of amides is 3. The Morgan fingerprint density at radius 2 is 1.79 bits per heavy atom. The number of rotatable bonds is 3. The first-order valence-corrected chi connectivity index (χ1v) is 9.78. The maximum absolute atomic E-state index is 13.2. The molecular formula is C21H27N5O2. The van der Waals surface area contributed by atoms with E-state index in [1.165, 1.54) is 16.0 Å². The molecule has 0 saturated carbocycles. The number of imide groups is 1. The highest BCUT2D eigenvalue weighted by atomic mass is 16.2. The molecular weight excluding hydrogens is 354 g/mol. The number of guanidine groups is 1. The Kier molecular flexibility index (Phi) is 4.21. The van der Waals surface area contributed by atoms with Crippen molar-refractivity contribution < 1.29 is 9.59 Å². The standard InChI is InChI=1S/C21H27N5O2/c1-7-11-24-19(27)17-18(23(6)21(24)28)22-20-25(14(4)15(5)26(17)20)16-10-8-9-12(2)13(16)3/h8-10,17-18H,7,11H2,1-6H3. The van der Waals surface area contributed by atoms with Gasteiger partial charge in [-0.1, -0.05) is 19.1 Å². The quantitative estimate of drug-likeness (QED) is 0.807. The van der Waals surface area contributed by atoms with Crippen molar-refractivity contribution in [3.05, 3.63) is 40.7 Å². The number of anilines is 1. The molecule has 7 heteroatoms. The predicted molar refractivity (Wildman–Crippen MR) is 109 cm³/mol. The van der Waals surface area contributed by atoms with Crippen molar-refractivity contribution in [1.82, 2.24) is 14.7 Å². The van der Waals surface area contributed by atoms with Gasteiger partial charge in [0.25, 0.3) is 5.91 Å². The molecule has 2 unspecified atom stereocenters. The normalized spacial score (nSPS) is 24.3. The lowest BCUT2D eigenvalue weighted by atomic mass is 10.1. The summed E-state index contributed by atoms with van der Waals surface area (Å²) < 4.78 is 0. The molecule has 3 aliphatic heterocycles. The predicted octanol–water partition coefficient (Wildman–Crippen LogP) is 3.05. The molecule has 1 aromatic carbocycles. The summed E-state index contributed by atoms with van der Waals surface area (Å²) in [6, 6.07) is 5.43. The Morgan fingerprint density at radius 1 is 1.07 bits per heavy atom. The highest BCUT2D eigenvalue weighted by Gasteiger charge is 2.55. The number of nitrogens with zero attached hydrogens (tertiary/aromatic N) is 5. The summed E-state index contributed by atoms with van der Waals surface area (Å²) >= 11 is 0. The second-order valence-electron chi connectivity index (χ2n) is 7.77. The molecule has 3 heterocycles. The fraction of sp³-hybridized carbons (Fsp3) is 0.476. The van der Waals surface area contributed by atoms with Crippen molar-refractivity contribution in [2.75, 3.05) is 18.5 Å². The van der Waals surface area contributed by atoms with Gasteiger partial charge in [-0.15, -0.1) is 0 Å². The van der Waals surface area contributed by atoms with Crippen LogP contribution in [0.15, 0.2) is 34.6 Å². The van der Waals surface area contributed by atoms with E-state index in [1.54, 1.807) is 11.9 Å². The minimum atomic E-state index is -0.505. The second-order valence-corrected chi connectivity index (χ2v) is 7.77. The molecule has 1 saturated heterocycles. The van der Waals surface area contributed by atoms with E-state index < -0.39 is 12.2 Å². The fourth-order valence-corrected chi connectivity index (χ4v) is 4.31. The molecule has 1 aromatic rings. The molecule has 2 atom stereocenters. The highest BCUT2D eigenvalue weighted by Crippen LogP contribution is 2.41. The average Bonchev–Trinajstić information content (AvgIpc) is 3.16. The van der Waals surface area contributed by atoms with Gasteiger partial charge < -0.3 is 4.90 Å². The summed E-state index contributed by atoms with van der Waals surface area (Å²) in [6.07, 6.45) is 0.234. The van der Waals surface area contributed by atoms with E-state index in [1.807, 2.05) is 24.8 Å². The lowest BCUT2D eigenvalue weighted by molar-refractivity contribution is -0.136. The highest BCUT2D eigenvalue weighted by molar-refractivity contribution is 6.10. The van der Waals surface area contributed by atoms with Gasteiger partial charge >= 0.3 is 6.03 Å². The van der Waals surface area contributed by atoms with Crippen molar-refractivity contribution in [3.8, 4) is 0 Å². The summed E-state index contributed by atoms with van der Waals surface area (Å²) in [5.41, 5.74) is 5.50. The van der Waals surface area contributed by atoms with E-state index in [4.69, 9.17) is 4.99 Å². The van der Waals surface area contributed by atoms with Crippen LogP contribution in [0.1, 0.15) is 38.3 Å². The van der Waals surface area contributed by atoms with Gasteiger partial charge in [0.2, 0.25) is 5.96 Å². The number of urea groups is 1. The summed E-state index contributed by atoms with van der Waals surface area (Å²) in [7, 11) is 1.73. The van der Waals surface area contributed by atoms with Crippen molar-refractivity contribution in [2.45, 2.75) is 53.2 Å². The Bertz CT molecular complexity index is 935. The molecule has 0 radical (unpaired) electrons. The zero-order chi connectivity index (χ0) is 20.3. The number of carbonyl (C=O) groups excluding carboxylic acids is 2. The summed E-state index contributed by atoms with van der Waals surface area (Å²) in [6.45, 7) is 10.7. The molecule has 4 rings (SSSR count). The van der Waals surface area contributed by atoms with E-state index in [0.29, 0.717) is 6.54 Å². The van der Waals surface area contributed by atoms with Gasteiger partial charge in [0.1, 0.15) is 0 Å². The molecule has 0 N–H and O–H groups in total. The molecule has 148 valence electrons. The third-order valence-electron chi connectivity index (χ3n) is 6.16. The van der Waals surface area contributed by atoms with Crippen LogP contribution in [0.4, 0.5) is 10.5 Å². The van der Waals surface area contributed by atoms with Gasteiger partial charge in [-0.05, 0) is 51.3 Å². The maximum atomic E-state index is 13.2. The van der Waals surface area contributed by atoms with Crippen molar-refractivity contribution >= 4 is 23.6 Å². The molecule has 28 heavy (non-hydrogen) atoms. The number of aryl methyl sites for hydroxylation is 1. The fourth-order valence-electron chi connectivity index (χ4n) is 4.31. The lowest BCUT2D eigenvalue weighted by Crippen LogP contribution is -2.64. The first kappa shape index (κ1) is 18.5. The van der Waals surface area contributed by atoms with Gasteiger partial charge in [0, 0.05) is 25.0 Å². The SMILES string of the molecule is CCCN1C(=O)C2C(N=C3N(c4cccc(C)c4C)C(C)=C(C)N32)N(C)C1=O. The molecule has 0 spiro atoms. The van der Waals surface area contributed by atoms with Gasteiger partial charge in [-0.3, -0.25) is 19.5 Å². The number of carbonyl (C=O) groups is 2. The van der Waals surface area contributed by atoms with E-state index >= 15 is 0 Å². The molecule has 3 aliphatic rings. The smallest absolute Gasteiger partial charge is 0.302 e. The van der Waals surface area contributed by atoms with E-state index in [9.17, 15) is 9.59 Å². The summed E-state index contributed by atoms with van der Waals surface area (Å²) in [4.78, 5) is 37.9. The molecule has 0 bridgehead atoms. The molecule has 1 fully saturated rings. The van der Waals surface area contributed by atoms with Crippen molar-refractivity contribution in [3.63, 3.8) is 0 Å². The monoisotopic (exact) mass is 381 g/mol. The minimum Gasteiger partial charge on any atom is -0.302 e. The van der Waals surface area contributed by atoms with Crippen LogP contribution in [0.2, 0.25) is 0 Å². The van der Waals surface area contributed by atoms with Gasteiger partial charge in [-0.25, -0.2) is 9.79 Å². The molecule has 3 amide bonds. The van der Waals surface area contributed by atoms with Crippen molar-refractivity contribution in [1.29, 1.82) is 0 Å². The van der Waals surface area contributed by atoms with E-state index in [0.717, 1.165) is 29.5 Å². The van der Waals surface area contributed by atoms with Crippen LogP contribution in [0, 0.1) is 13.8 Å². The number of likely N-dealkylation sites (N-methyl/N-ethyl adjacent to an activating group) is 1. The summed E-state index contributed by atoms with van der Waals surface area (Å²) in [5, 5.41) is 0. The minimum absolute atomic E-state index is 0.163. The Morgan fingerprint density at radius 3 is 2.46 bits per heavy atom. The first-order chi connectivity index (χ1) is 13.3. The van der Waals surface area contributed by atoms with Gasteiger partial charge in [-0.2, -0.15) is 0 Å². The number of hydrogen-bond acceptors (Lipinski definition) is 5. The van der Waals surface area contributed by atoms with Crippen LogP contribution in [0.3, 0.4) is 0 Å². The number of fused-ring (bicyclic) bond motifs is 3. The van der Waals surface area contributed by atoms with Gasteiger partial charge in [0.05, 0.1) is 5.69 Å². The number of allylic oxidation sites excluding steroid dienone is 2. The van der Waals surface area contributed by atoms with Crippen molar-refractivity contribution in [2.24, 2.45) is 4.99 Å². The van der Waals surface area contributed by atoms with Crippen LogP contribution < -0.4 is 4.90 Å². The molecule has 7 nitrogen and oxygen atoms in total. The van der Waals surface area contributed by atoms with Crippen LogP contribution in [0.5, 0.6) is 0 Å². The Labute approximate surface area is 165 Å². The van der Waals surface area contributed by atoms with Crippen LogP contribution in [0.25, 0.3) is 0 Å². The lowest BCUT2D eigenvalue weighted by Gasteiger charge is -2.40. The van der Waals surface area contributed by atoms with Crippen LogP contribution >= 0.6 is 0 Å². The Balaban J connectivity index is 1.81. The average molecular weight is 381 g/mol. The third kappa shape index (κ3) is 2.31. The van der Waals surface area contributed by atoms with Gasteiger partial charge in [0.15, 0.2) is 12.2 Å². The zero-order valence-corrected chi connectivity index (χ0v) is 17.4. The zero-order valence-electron chi connectivity index (χ0n) is 17.4. The summed E-state index contributed by atoms with van der Waals surface area (Å²) in [5.74, 6) is 0.564. The van der Waals surface area contributed by atoms with E-state index in [2.05, 4.69) is 37.8 Å². The number of benzene rings is 1. The molecule has 0 aromatic heterocycles. The number of aliphatic imine (C=N–C) groups is 1. The van der Waals surface area contributed by atoms with Crippen LogP contribution in [-0.2, 0) is 4.79 Å². The number of hydrogen-bond donors (Lipinski definition) is 0. The molecule has 0 aliphatic carbocycles. The van der Waals surface area contributed by atoms with Crippen LogP contribution in [-0.4, -0.2) is 58.4 Å². The third-order valence-corrected chi connectivity index (χ3v) is 6.16. The first-order valence-electron chi connectivity index (χ1n) is 9.78.